The number of rotatable bonds is 16. The Kier molecular flexibility index (Phi) is 13.4. The van der Waals surface area contributed by atoms with Crippen LogP contribution in [0.1, 0.15) is 30.1 Å². The first-order chi connectivity index (χ1) is 12.8. The molecule has 0 bridgehead atoms. The lowest BCUT2D eigenvalue weighted by atomic mass is 10.2. The van der Waals surface area contributed by atoms with Crippen LogP contribution in [-0.2, 0) is 18.9 Å². The van der Waals surface area contributed by atoms with Gasteiger partial charge in [-0.1, -0.05) is 13.3 Å². The fourth-order valence-electron chi connectivity index (χ4n) is 2.01. The minimum absolute atomic E-state index is 0.101. The quantitative estimate of drug-likeness (QED) is 0.356. The fraction of sp³-hybridized carbons (Fsp3) is 0.632. The number of hydrogen-bond donors (Lipinski definition) is 1. The summed E-state index contributed by atoms with van der Waals surface area (Å²) in [5, 5.41) is 3.29. The number of alkyl halides is 1. The van der Waals surface area contributed by atoms with Gasteiger partial charge in [0, 0.05) is 12.2 Å². The summed E-state index contributed by atoms with van der Waals surface area (Å²) in [4.78, 5) is 11.9. The Morgan fingerprint density at radius 1 is 0.923 bits per heavy atom. The van der Waals surface area contributed by atoms with Crippen LogP contribution in [0.25, 0.3) is 0 Å². The van der Waals surface area contributed by atoms with E-state index in [9.17, 15) is 9.18 Å². The molecule has 0 saturated heterocycles. The number of nitrogens with one attached hydrogen (secondary N) is 1. The summed E-state index contributed by atoms with van der Waals surface area (Å²) in [7, 11) is 0. The van der Waals surface area contributed by atoms with E-state index >= 15 is 0 Å². The van der Waals surface area contributed by atoms with Gasteiger partial charge in [0.15, 0.2) is 0 Å². The van der Waals surface area contributed by atoms with Gasteiger partial charge in [0.2, 0.25) is 0 Å². The zero-order valence-electron chi connectivity index (χ0n) is 15.5. The molecule has 6 nitrogen and oxygen atoms in total. The summed E-state index contributed by atoms with van der Waals surface area (Å²) in [6.07, 6.45) is 2.25. The summed E-state index contributed by atoms with van der Waals surface area (Å²) in [5.41, 5.74) is 1.51. The van der Waals surface area contributed by atoms with Crippen LogP contribution in [0.2, 0.25) is 0 Å². The van der Waals surface area contributed by atoms with Gasteiger partial charge in [-0.3, -0.25) is 0 Å². The molecule has 0 radical (unpaired) electrons. The Bertz CT molecular complexity index is 470. The first-order valence-electron chi connectivity index (χ1n) is 9.08. The van der Waals surface area contributed by atoms with Crippen molar-refractivity contribution < 1.29 is 28.1 Å². The minimum atomic E-state index is -0.484. The standard InChI is InChI=1S/C19H30FNO5/c1-2-3-9-21-18-6-4-17(5-7-18)19(22)26-16-15-25-14-13-24-12-11-23-10-8-20/h4-7,21H,2-3,8-16H2,1H3. The molecule has 0 aliphatic heterocycles. The lowest BCUT2D eigenvalue weighted by Gasteiger charge is -2.08. The number of carbonyl (C=O) groups excluding carboxylic acids is 1. The van der Waals surface area contributed by atoms with Gasteiger partial charge < -0.3 is 24.3 Å². The van der Waals surface area contributed by atoms with Crippen molar-refractivity contribution >= 4 is 11.7 Å². The summed E-state index contributed by atoms with van der Waals surface area (Å²) < 4.78 is 32.4. The first-order valence-corrected chi connectivity index (χ1v) is 9.08. The number of ether oxygens (including phenoxy) is 4. The summed E-state index contributed by atoms with van der Waals surface area (Å²) in [5.74, 6) is -0.366. The van der Waals surface area contributed by atoms with Gasteiger partial charge in [-0.2, -0.15) is 0 Å². The average molecular weight is 371 g/mol. The maximum absolute atomic E-state index is 11.9. The second kappa shape index (κ2) is 15.5. The molecule has 7 heteroatoms. The molecule has 1 aromatic rings. The molecule has 0 saturated carbocycles. The van der Waals surface area contributed by atoms with Crippen molar-refractivity contribution in [2.75, 3.05) is 64.8 Å². The van der Waals surface area contributed by atoms with Gasteiger partial charge >= 0.3 is 5.97 Å². The molecular formula is C19H30FNO5. The van der Waals surface area contributed by atoms with E-state index in [-0.39, 0.29) is 19.2 Å². The maximum atomic E-state index is 11.9. The van der Waals surface area contributed by atoms with Crippen molar-refractivity contribution in [1.82, 2.24) is 0 Å². The van der Waals surface area contributed by atoms with E-state index in [1.165, 1.54) is 0 Å². The van der Waals surface area contributed by atoms with Crippen molar-refractivity contribution in [2.24, 2.45) is 0 Å². The molecule has 1 rings (SSSR count). The second-order valence-corrected chi connectivity index (χ2v) is 5.52. The molecule has 148 valence electrons. The summed E-state index contributed by atoms with van der Waals surface area (Å²) in [6, 6.07) is 7.24. The molecule has 0 aromatic heterocycles. The van der Waals surface area contributed by atoms with Crippen LogP contribution in [0.5, 0.6) is 0 Å². The lowest BCUT2D eigenvalue weighted by molar-refractivity contribution is -0.000593. The molecule has 26 heavy (non-hydrogen) atoms. The number of unbranched alkanes of at least 4 members (excludes halogenated alkanes) is 1. The fourth-order valence-corrected chi connectivity index (χ4v) is 2.01. The Morgan fingerprint density at radius 2 is 1.50 bits per heavy atom. The molecule has 0 fully saturated rings. The minimum Gasteiger partial charge on any atom is -0.460 e. The number of carbonyl (C=O) groups is 1. The van der Waals surface area contributed by atoms with Gasteiger partial charge in [0.25, 0.3) is 0 Å². The van der Waals surface area contributed by atoms with E-state index in [2.05, 4.69) is 12.2 Å². The molecule has 0 aliphatic carbocycles. The van der Waals surface area contributed by atoms with E-state index in [0.29, 0.717) is 38.6 Å². The largest absolute Gasteiger partial charge is 0.460 e. The Hall–Kier alpha value is -1.70. The van der Waals surface area contributed by atoms with E-state index in [0.717, 1.165) is 25.1 Å². The Labute approximate surface area is 155 Å². The highest BCUT2D eigenvalue weighted by Crippen LogP contribution is 2.10. The predicted octanol–water partition coefficient (Wildman–Crippen LogP) is 3.07. The number of halogens is 1. The van der Waals surface area contributed by atoms with Crippen LogP contribution in [0.3, 0.4) is 0 Å². The Morgan fingerprint density at radius 3 is 2.08 bits per heavy atom. The van der Waals surface area contributed by atoms with Gasteiger partial charge in [-0.15, -0.1) is 0 Å². The van der Waals surface area contributed by atoms with Gasteiger partial charge in [0.1, 0.15) is 13.3 Å². The number of hydrogen-bond acceptors (Lipinski definition) is 6. The van der Waals surface area contributed by atoms with Crippen LogP contribution in [0.4, 0.5) is 10.1 Å². The van der Waals surface area contributed by atoms with Crippen molar-refractivity contribution in [3.05, 3.63) is 29.8 Å². The normalized spacial score (nSPS) is 10.7. The van der Waals surface area contributed by atoms with Crippen molar-refractivity contribution in [3.8, 4) is 0 Å². The zero-order chi connectivity index (χ0) is 18.9. The van der Waals surface area contributed by atoms with Crippen molar-refractivity contribution in [2.45, 2.75) is 19.8 Å². The third kappa shape index (κ3) is 11.0. The monoisotopic (exact) mass is 371 g/mol. The topological polar surface area (TPSA) is 66.0 Å². The molecule has 0 aliphatic rings. The highest BCUT2D eigenvalue weighted by Gasteiger charge is 2.06. The second-order valence-electron chi connectivity index (χ2n) is 5.52. The van der Waals surface area contributed by atoms with E-state index in [4.69, 9.17) is 18.9 Å². The van der Waals surface area contributed by atoms with Crippen LogP contribution < -0.4 is 5.32 Å². The molecule has 0 spiro atoms. The van der Waals surface area contributed by atoms with Crippen LogP contribution in [-0.4, -0.2) is 65.4 Å². The smallest absolute Gasteiger partial charge is 0.338 e. The molecular weight excluding hydrogens is 341 g/mol. The highest BCUT2D eigenvalue weighted by atomic mass is 19.1. The van der Waals surface area contributed by atoms with Crippen LogP contribution in [0, 0.1) is 0 Å². The van der Waals surface area contributed by atoms with Gasteiger partial charge in [0.05, 0.1) is 45.2 Å². The maximum Gasteiger partial charge on any atom is 0.338 e. The number of esters is 1. The number of anilines is 1. The third-order valence-electron chi connectivity index (χ3n) is 3.41. The van der Waals surface area contributed by atoms with E-state index < -0.39 is 6.67 Å². The SMILES string of the molecule is CCCCNc1ccc(C(=O)OCCOCCOCCOCCF)cc1. The van der Waals surface area contributed by atoms with Crippen molar-refractivity contribution in [3.63, 3.8) is 0 Å². The molecule has 0 atom stereocenters. The van der Waals surface area contributed by atoms with Gasteiger partial charge in [-0.25, -0.2) is 9.18 Å². The third-order valence-corrected chi connectivity index (χ3v) is 3.41. The molecule has 0 heterocycles. The predicted molar refractivity (Wildman–Crippen MR) is 98.6 cm³/mol. The van der Waals surface area contributed by atoms with Crippen LogP contribution >= 0.6 is 0 Å². The van der Waals surface area contributed by atoms with Gasteiger partial charge in [-0.05, 0) is 30.7 Å². The van der Waals surface area contributed by atoms with Crippen molar-refractivity contribution in [1.29, 1.82) is 0 Å². The lowest BCUT2D eigenvalue weighted by Crippen LogP contribution is -2.14. The Balaban J connectivity index is 2.02. The summed E-state index contributed by atoms with van der Waals surface area (Å²) >= 11 is 0. The average Bonchev–Trinajstić information content (AvgIpc) is 2.66. The number of benzene rings is 1. The molecule has 1 aromatic carbocycles. The summed E-state index contributed by atoms with van der Waals surface area (Å²) in [6.45, 7) is 4.77. The molecule has 1 N–H and O–H groups in total. The van der Waals surface area contributed by atoms with E-state index in [1.807, 2.05) is 12.1 Å². The zero-order valence-corrected chi connectivity index (χ0v) is 15.5. The van der Waals surface area contributed by atoms with E-state index in [1.54, 1.807) is 12.1 Å². The molecule has 0 amide bonds. The van der Waals surface area contributed by atoms with Crippen LogP contribution in [0.15, 0.2) is 24.3 Å². The molecule has 0 unspecified atom stereocenters. The highest BCUT2D eigenvalue weighted by molar-refractivity contribution is 5.89. The first kappa shape index (κ1) is 22.3.